The number of guanidine groups is 1. The van der Waals surface area contributed by atoms with Crippen LogP contribution in [-0.2, 0) is 14.4 Å². The van der Waals surface area contributed by atoms with Gasteiger partial charge in [-0.15, -0.1) is 0 Å². The van der Waals surface area contributed by atoms with E-state index in [1.54, 1.807) is 0 Å². The van der Waals surface area contributed by atoms with Crippen LogP contribution in [0.2, 0.25) is 0 Å². The van der Waals surface area contributed by atoms with Crippen LogP contribution in [0.1, 0.15) is 12.8 Å². The van der Waals surface area contributed by atoms with Gasteiger partial charge in [-0.05, 0) is 12.8 Å². The number of thiol groups is 1. The van der Waals surface area contributed by atoms with E-state index < -0.39 is 42.5 Å². The summed E-state index contributed by atoms with van der Waals surface area (Å²) in [6, 6.07) is -3.44. The molecule has 24 heavy (non-hydrogen) atoms. The van der Waals surface area contributed by atoms with Crippen LogP contribution in [0.3, 0.4) is 0 Å². The van der Waals surface area contributed by atoms with Crippen LogP contribution in [0.25, 0.3) is 0 Å². The predicted molar refractivity (Wildman–Crippen MR) is 90.3 cm³/mol. The number of carboxylic acids is 1. The Morgan fingerprint density at radius 2 is 1.71 bits per heavy atom. The Morgan fingerprint density at radius 1 is 1.12 bits per heavy atom. The van der Waals surface area contributed by atoms with Crippen LogP contribution < -0.4 is 27.8 Å². The number of hydrogen-bond acceptors (Lipinski definition) is 7. The van der Waals surface area contributed by atoms with Gasteiger partial charge < -0.3 is 38.0 Å². The maximum Gasteiger partial charge on any atom is 0.328 e. The summed E-state index contributed by atoms with van der Waals surface area (Å²) in [7, 11) is 0. The molecule has 2 amide bonds. The van der Waals surface area contributed by atoms with Gasteiger partial charge in [-0.25, -0.2) is 4.79 Å². The lowest BCUT2D eigenvalue weighted by Crippen LogP contribution is -2.55. The molecule has 0 aromatic rings. The van der Waals surface area contributed by atoms with Gasteiger partial charge >= 0.3 is 5.97 Å². The van der Waals surface area contributed by atoms with Gasteiger partial charge in [-0.2, -0.15) is 12.6 Å². The number of carbonyl (C=O) groups is 3. The van der Waals surface area contributed by atoms with E-state index in [1.807, 2.05) is 0 Å². The molecule has 0 bridgehead atoms. The lowest BCUT2D eigenvalue weighted by atomic mass is 10.1. The number of rotatable bonds is 11. The quantitative estimate of drug-likeness (QED) is 0.0791. The van der Waals surface area contributed by atoms with E-state index in [9.17, 15) is 14.4 Å². The third-order valence-electron chi connectivity index (χ3n) is 2.92. The van der Waals surface area contributed by atoms with E-state index in [0.717, 1.165) is 0 Å². The summed E-state index contributed by atoms with van der Waals surface area (Å²) in [6.07, 6.45) is 0.758. The van der Waals surface area contributed by atoms with Crippen molar-refractivity contribution in [3.05, 3.63) is 0 Å². The molecule has 11 nitrogen and oxygen atoms in total. The number of hydrogen-bond donors (Lipinski definition) is 8. The molecule has 12 heteroatoms. The molecule has 0 rings (SSSR count). The minimum absolute atomic E-state index is 0.0586. The van der Waals surface area contributed by atoms with Crippen molar-refractivity contribution >= 4 is 36.4 Å². The number of amides is 2. The first-order valence-corrected chi connectivity index (χ1v) is 7.72. The summed E-state index contributed by atoms with van der Waals surface area (Å²) in [4.78, 5) is 38.4. The molecule has 0 saturated carbocycles. The van der Waals surface area contributed by atoms with Crippen molar-refractivity contribution in [3.63, 3.8) is 0 Å². The number of aliphatic hydroxyl groups is 1. The molecule has 0 heterocycles. The molecule has 0 aromatic heterocycles. The topological polar surface area (TPSA) is 206 Å². The summed E-state index contributed by atoms with van der Waals surface area (Å²) in [6.45, 7) is -0.463. The average molecular weight is 364 g/mol. The minimum atomic E-state index is -1.47. The lowest BCUT2D eigenvalue weighted by Gasteiger charge is -2.20. The molecule has 0 aliphatic rings. The van der Waals surface area contributed by atoms with Gasteiger partial charge in [0, 0.05) is 12.3 Å². The smallest absolute Gasteiger partial charge is 0.328 e. The average Bonchev–Trinajstić information content (AvgIpc) is 2.52. The fourth-order valence-corrected chi connectivity index (χ4v) is 1.84. The van der Waals surface area contributed by atoms with E-state index in [0.29, 0.717) is 13.0 Å². The van der Waals surface area contributed by atoms with Crippen molar-refractivity contribution < 1.29 is 24.6 Å². The van der Waals surface area contributed by atoms with Crippen molar-refractivity contribution in [1.82, 2.24) is 10.6 Å². The van der Waals surface area contributed by atoms with Gasteiger partial charge in [-0.3, -0.25) is 14.6 Å². The van der Waals surface area contributed by atoms with E-state index >= 15 is 0 Å². The number of nitrogens with one attached hydrogen (secondary N) is 2. The number of aliphatic carboxylic acids is 1. The predicted octanol–water partition coefficient (Wildman–Crippen LogP) is -3.66. The number of carboxylic acid groups (broad SMARTS) is 1. The van der Waals surface area contributed by atoms with Crippen molar-refractivity contribution in [1.29, 1.82) is 0 Å². The second kappa shape index (κ2) is 11.5. The van der Waals surface area contributed by atoms with Gasteiger partial charge in [0.2, 0.25) is 11.8 Å². The van der Waals surface area contributed by atoms with E-state index in [1.165, 1.54) is 0 Å². The van der Waals surface area contributed by atoms with Crippen molar-refractivity contribution in [3.8, 4) is 0 Å². The Hall–Kier alpha value is -2.05. The number of aliphatic imine (C=N–C) groups is 1. The van der Waals surface area contributed by atoms with Crippen molar-refractivity contribution in [2.24, 2.45) is 22.2 Å². The molecule has 0 aromatic carbocycles. The van der Waals surface area contributed by atoms with E-state index in [2.05, 4.69) is 28.3 Å². The second-order valence-corrected chi connectivity index (χ2v) is 5.25. The molecule has 3 atom stereocenters. The third kappa shape index (κ3) is 8.55. The fraction of sp³-hybridized carbons (Fsp3) is 0.667. The number of carbonyl (C=O) groups excluding carboxylic acids is 2. The monoisotopic (exact) mass is 364 g/mol. The highest BCUT2D eigenvalue weighted by Crippen LogP contribution is 1.98. The first kappa shape index (κ1) is 21.9. The largest absolute Gasteiger partial charge is 0.480 e. The molecule has 10 N–H and O–H groups in total. The summed E-state index contributed by atoms with van der Waals surface area (Å²) < 4.78 is 0. The SMILES string of the molecule is NC(N)=NCCCC(N)C(=O)NC(CS)C(=O)NC(CO)C(=O)O. The maximum absolute atomic E-state index is 11.9. The molecule has 0 aliphatic carbocycles. The molecule has 0 saturated heterocycles. The minimum Gasteiger partial charge on any atom is -0.480 e. The van der Waals surface area contributed by atoms with Crippen molar-refractivity contribution in [2.75, 3.05) is 18.9 Å². The number of nitrogens with two attached hydrogens (primary N) is 3. The standard InChI is InChI=1S/C12H24N6O5S/c13-6(2-1-3-16-12(14)15)9(20)18-8(5-24)10(21)17-7(4-19)11(22)23/h6-8,19,24H,1-5,13H2,(H,17,21)(H,18,20)(H,22,23)(H4,14,15,16). The van der Waals surface area contributed by atoms with Gasteiger partial charge in [0.25, 0.3) is 0 Å². The van der Waals surface area contributed by atoms with Crippen LogP contribution in [0.4, 0.5) is 0 Å². The van der Waals surface area contributed by atoms with Crippen LogP contribution in [0.15, 0.2) is 4.99 Å². The Morgan fingerprint density at radius 3 is 2.17 bits per heavy atom. The summed E-state index contributed by atoms with van der Waals surface area (Å²) in [5.41, 5.74) is 16.0. The molecule has 0 aliphatic heterocycles. The van der Waals surface area contributed by atoms with Crippen LogP contribution in [0, 0.1) is 0 Å². The maximum atomic E-state index is 11.9. The van der Waals surface area contributed by atoms with Crippen molar-refractivity contribution in [2.45, 2.75) is 31.0 Å². The first-order valence-electron chi connectivity index (χ1n) is 7.09. The Bertz CT molecular complexity index is 471. The van der Waals surface area contributed by atoms with Crippen LogP contribution in [-0.4, -0.2) is 71.0 Å². The van der Waals surface area contributed by atoms with Crippen LogP contribution >= 0.6 is 12.6 Å². The number of nitrogens with zero attached hydrogens (tertiary/aromatic N) is 1. The zero-order chi connectivity index (χ0) is 18.7. The highest BCUT2D eigenvalue weighted by atomic mass is 32.1. The zero-order valence-electron chi connectivity index (χ0n) is 13.0. The van der Waals surface area contributed by atoms with E-state index in [-0.39, 0.29) is 18.1 Å². The summed E-state index contributed by atoms with van der Waals surface area (Å²) >= 11 is 3.94. The molecule has 0 fully saturated rings. The molecule has 0 radical (unpaired) electrons. The van der Waals surface area contributed by atoms with Gasteiger partial charge in [0.1, 0.15) is 12.1 Å². The summed E-state index contributed by atoms with van der Waals surface area (Å²) in [5, 5.41) is 22.1. The number of aliphatic hydroxyl groups excluding tert-OH is 1. The summed E-state index contributed by atoms with van der Waals surface area (Å²) in [5.74, 6) is -2.91. The Balaban J connectivity index is 4.47. The first-order chi connectivity index (χ1) is 11.2. The van der Waals surface area contributed by atoms with Gasteiger partial charge in [-0.1, -0.05) is 0 Å². The second-order valence-electron chi connectivity index (χ2n) is 4.88. The lowest BCUT2D eigenvalue weighted by molar-refractivity contribution is -0.143. The molecule has 0 spiro atoms. The highest BCUT2D eigenvalue weighted by molar-refractivity contribution is 7.80. The highest BCUT2D eigenvalue weighted by Gasteiger charge is 2.26. The normalized spacial score (nSPS) is 14.1. The third-order valence-corrected chi connectivity index (χ3v) is 3.28. The van der Waals surface area contributed by atoms with Crippen LogP contribution in [0.5, 0.6) is 0 Å². The Kier molecular flexibility index (Phi) is 10.5. The fourth-order valence-electron chi connectivity index (χ4n) is 1.58. The molecular weight excluding hydrogens is 340 g/mol. The van der Waals surface area contributed by atoms with Gasteiger partial charge in [0.05, 0.1) is 12.6 Å². The van der Waals surface area contributed by atoms with Gasteiger partial charge in [0.15, 0.2) is 5.96 Å². The molecular formula is C12H24N6O5S. The molecule has 138 valence electrons. The van der Waals surface area contributed by atoms with E-state index in [4.69, 9.17) is 27.4 Å². The zero-order valence-corrected chi connectivity index (χ0v) is 13.9. The molecule has 3 unspecified atom stereocenters. The Labute approximate surface area is 144 Å².